The Kier molecular flexibility index (Phi) is 16.1. The number of rotatable bonds is 19. The third kappa shape index (κ3) is 11.1. The van der Waals surface area contributed by atoms with Gasteiger partial charge in [0.05, 0.1) is 23.0 Å². The molecule has 0 aliphatic carbocycles. The minimum atomic E-state index is -1.25. The van der Waals surface area contributed by atoms with Gasteiger partial charge in [0.1, 0.15) is 17.9 Å². The van der Waals surface area contributed by atoms with Crippen LogP contribution >= 0.6 is 0 Å². The van der Waals surface area contributed by atoms with Crippen molar-refractivity contribution >= 4 is 40.7 Å². The third-order valence-electron chi connectivity index (χ3n) is 14.3. The molecule has 2 aliphatic rings. The summed E-state index contributed by atoms with van der Waals surface area (Å²) in [6.07, 6.45) is 3.98. The number of benzene rings is 5. The van der Waals surface area contributed by atoms with Crippen molar-refractivity contribution in [3.05, 3.63) is 162 Å². The summed E-state index contributed by atoms with van der Waals surface area (Å²) in [5.41, 5.74) is 2.82. The molecule has 5 aromatic carbocycles. The van der Waals surface area contributed by atoms with Crippen LogP contribution in [0.4, 0.5) is 21.5 Å². The molecule has 358 valence electrons. The highest BCUT2D eigenvalue weighted by Gasteiger charge is 2.47. The van der Waals surface area contributed by atoms with E-state index in [-0.39, 0.29) is 29.4 Å². The summed E-state index contributed by atoms with van der Waals surface area (Å²) in [7, 11) is 0. The number of nitrogens with zero attached hydrogens (tertiary/aromatic N) is 3. The molecule has 2 unspecified atom stereocenters. The van der Waals surface area contributed by atoms with E-state index < -0.39 is 35.1 Å². The van der Waals surface area contributed by atoms with E-state index in [0.29, 0.717) is 88.9 Å². The molecule has 2 saturated heterocycles. The molecular weight excluding hydrogens is 858 g/mol. The number of hydrogen-bond donors (Lipinski definition) is 4. The number of halogens is 1. The molecule has 2 aliphatic heterocycles. The zero-order valence-corrected chi connectivity index (χ0v) is 39.7. The summed E-state index contributed by atoms with van der Waals surface area (Å²) in [5, 5.41) is 29.4. The number of anilines is 3. The van der Waals surface area contributed by atoms with Crippen molar-refractivity contribution in [2.24, 2.45) is 0 Å². The number of likely N-dealkylation sites (tertiary alicyclic amines) is 2. The predicted octanol–water partition coefficient (Wildman–Crippen LogP) is 9.56. The van der Waals surface area contributed by atoms with Crippen LogP contribution in [0.3, 0.4) is 0 Å². The minimum absolute atomic E-state index is 0.244. The van der Waals surface area contributed by atoms with E-state index >= 15 is 0 Å². The molecule has 68 heavy (non-hydrogen) atoms. The number of carbonyl (C=O) groups is 4. The van der Waals surface area contributed by atoms with Crippen LogP contribution in [0.2, 0.25) is 0 Å². The fraction of sp³-hybridized carbons (Fsp3) is 0.393. The number of nitrogens with one attached hydrogen (secondary N) is 2. The van der Waals surface area contributed by atoms with Gasteiger partial charge in [-0.15, -0.1) is 0 Å². The number of hydrogen-bond acceptors (Lipinski definition) is 7. The van der Waals surface area contributed by atoms with Crippen LogP contribution in [0.25, 0.3) is 0 Å². The Bertz CT molecular complexity index is 2310. The van der Waals surface area contributed by atoms with Gasteiger partial charge in [0, 0.05) is 43.2 Å². The third-order valence-corrected chi connectivity index (χ3v) is 14.3. The average molecular weight is 924 g/mol. The van der Waals surface area contributed by atoms with Gasteiger partial charge in [-0.05, 0) is 122 Å². The van der Waals surface area contributed by atoms with E-state index in [1.807, 2.05) is 137 Å². The first-order valence-electron chi connectivity index (χ1n) is 24.3. The van der Waals surface area contributed by atoms with Crippen molar-refractivity contribution in [3.63, 3.8) is 0 Å². The minimum Gasteiger partial charge on any atom is -0.389 e. The van der Waals surface area contributed by atoms with Crippen molar-refractivity contribution < 1.29 is 33.8 Å². The second kappa shape index (κ2) is 22.2. The molecule has 0 aromatic heterocycles. The summed E-state index contributed by atoms with van der Waals surface area (Å²) in [4.78, 5) is 61.5. The summed E-state index contributed by atoms with van der Waals surface area (Å²) < 4.78 is 14.1. The number of carbonyl (C=O) groups excluding carboxylic acids is 4. The molecule has 5 aromatic rings. The highest BCUT2D eigenvalue weighted by molar-refractivity contribution is 5.99. The van der Waals surface area contributed by atoms with Crippen molar-refractivity contribution in [1.29, 1.82) is 0 Å². The van der Waals surface area contributed by atoms with E-state index in [4.69, 9.17) is 0 Å². The lowest BCUT2D eigenvalue weighted by Crippen LogP contribution is -2.50. The van der Waals surface area contributed by atoms with Gasteiger partial charge in [-0.3, -0.25) is 19.2 Å². The van der Waals surface area contributed by atoms with E-state index in [2.05, 4.69) is 15.5 Å². The maximum absolute atomic E-state index is 14.3. The summed E-state index contributed by atoms with van der Waals surface area (Å²) in [6.45, 7) is 9.31. The molecule has 0 saturated carbocycles. The SMILES string of the molecule is CCC(O)(CC)C(C(=O)N1CCCC1C(=O)Nc1ccc(CN(Cc2ccc(NC(=O)[C@@H]3CCCN3C(=O)[C@@H](c3ccccc3)C(O)(CC)CC)cc2)c2ccc(F)cc2)cc1)c1ccccc1. The van der Waals surface area contributed by atoms with Crippen molar-refractivity contribution in [3.8, 4) is 0 Å². The van der Waals surface area contributed by atoms with E-state index in [1.54, 1.807) is 21.9 Å². The van der Waals surface area contributed by atoms with Gasteiger partial charge in [-0.2, -0.15) is 0 Å². The molecular formula is C56H66FN5O6. The molecule has 4 atom stereocenters. The fourth-order valence-corrected chi connectivity index (χ4v) is 10.1. The van der Waals surface area contributed by atoms with Crippen LogP contribution in [0.5, 0.6) is 0 Å². The van der Waals surface area contributed by atoms with Gasteiger partial charge in [0.2, 0.25) is 23.6 Å². The summed E-state index contributed by atoms with van der Waals surface area (Å²) >= 11 is 0. The second-order valence-electron chi connectivity index (χ2n) is 18.4. The number of amides is 4. The molecule has 2 fully saturated rings. The Morgan fingerprint density at radius 1 is 0.574 bits per heavy atom. The van der Waals surface area contributed by atoms with E-state index in [0.717, 1.165) is 27.9 Å². The van der Waals surface area contributed by atoms with Crippen molar-refractivity contribution in [1.82, 2.24) is 9.80 Å². The lowest BCUT2D eigenvalue weighted by Gasteiger charge is -2.37. The standard InChI is InChI=1S/C56H66FN5O6/c1-5-55(67,6-2)49(41-17-11-9-12-18-41)53(65)61-35-15-21-47(61)51(63)58-44-29-23-39(24-30-44)37-60(46-33-27-43(57)28-34-46)38-40-25-31-45(32-26-40)59-52(64)48-22-16-36-62(48)54(66)50(56(68,7-3)8-4)42-19-13-10-14-20-42/h9-14,17-20,23-34,47-50,67-68H,5-8,15-16,21-22,35-38H2,1-4H3,(H,58,63)(H,59,64)/t47-,48?,49+,50?/m0/s1. The van der Waals surface area contributed by atoms with E-state index in [1.165, 1.54) is 12.1 Å². The average Bonchev–Trinajstić information content (AvgIpc) is 4.08. The monoisotopic (exact) mass is 923 g/mol. The highest BCUT2D eigenvalue weighted by atomic mass is 19.1. The van der Waals surface area contributed by atoms with Crippen LogP contribution in [0.1, 0.15) is 113 Å². The smallest absolute Gasteiger partial charge is 0.247 e. The zero-order valence-electron chi connectivity index (χ0n) is 39.7. The molecule has 0 spiro atoms. The summed E-state index contributed by atoms with van der Waals surface area (Å²) in [5.74, 6) is -2.98. The van der Waals surface area contributed by atoms with Crippen LogP contribution < -0.4 is 15.5 Å². The van der Waals surface area contributed by atoms with Crippen LogP contribution in [0.15, 0.2) is 133 Å². The molecule has 4 N–H and O–H groups in total. The maximum Gasteiger partial charge on any atom is 0.247 e. The summed E-state index contributed by atoms with van der Waals surface area (Å²) in [6, 6.07) is 38.7. The Hall–Kier alpha value is -6.37. The largest absolute Gasteiger partial charge is 0.389 e. The second-order valence-corrected chi connectivity index (χ2v) is 18.4. The first-order chi connectivity index (χ1) is 32.8. The van der Waals surface area contributed by atoms with Crippen LogP contribution in [0, 0.1) is 5.82 Å². The molecule has 7 rings (SSSR count). The Labute approximate surface area is 400 Å². The lowest BCUT2D eigenvalue weighted by atomic mass is 9.77. The van der Waals surface area contributed by atoms with Gasteiger partial charge >= 0.3 is 0 Å². The lowest BCUT2D eigenvalue weighted by molar-refractivity contribution is -0.144. The molecule has 12 heteroatoms. The molecule has 11 nitrogen and oxygen atoms in total. The molecule has 2 heterocycles. The van der Waals surface area contributed by atoms with Crippen LogP contribution in [-0.2, 0) is 32.3 Å². The van der Waals surface area contributed by atoms with Gasteiger partial charge in [0.25, 0.3) is 0 Å². The fourth-order valence-electron chi connectivity index (χ4n) is 10.1. The number of aliphatic hydroxyl groups is 2. The maximum atomic E-state index is 14.3. The van der Waals surface area contributed by atoms with Gasteiger partial charge < -0.3 is 35.5 Å². The van der Waals surface area contributed by atoms with Gasteiger partial charge in [-0.25, -0.2) is 4.39 Å². The zero-order chi connectivity index (χ0) is 48.4. The molecule has 0 bridgehead atoms. The predicted molar refractivity (Wildman–Crippen MR) is 265 cm³/mol. The first kappa shape index (κ1) is 49.5. The van der Waals surface area contributed by atoms with Crippen LogP contribution in [-0.4, -0.2) is 80.0 Å². The Balaban J connectivity index is 1.00. The topological polar surface area (TPSA) is 143 Å². The van der Waals surface area contributed by atoms with Crippen molar-refractivity contribution in [2.75, 3.05) is 28.6 Å². The first-order valence-corrected chi connectivity index (χ1v) is 24.3. The Morgan fingerprint density at radius 2 is 0.941 bits per heavy atom. The normalized spacial score (nSPS) is 17.1. The molecule has 0 radical (unpaired) electrons. The van der Waals surface area contributed by atoms with Gasteiger partial charge in [0.15, 0.2) is 0 Å². The quantitative estimate of drug-likeness (QED) is 0.0647. The van der Waals surface area contributed by atoms with E-state index in [9.17, 15) is 33.8 Å². The van der Waals surface area contributed by atoms with Crippen molar-refractivity contribution in [2.45, 2.75) is 127 Å². The highest BCUT2D eigenvalue weighted by Crippen LogP contribution is 2.39. The molecule has 4 amide bonds. The Morgan fingerprint density at radius 3 is 1.29 bits per heavy atom. The van der Waals surface area contributed by atoms with Gasteiger partial charge in [-0.1, -0.05) is 113 Å².